The Balaban J connectivity index is 2.08. The number of ether oxygens (including phenoxy) is 5. The van der Waals surface area contributed by atoms with Crippen LogP contribution in [0.3, 0.4) is 0 Å². The van der Waals surface area contributed by atoms with Crippen molar-refractivity contribution in [3.8, 4) is 0 Å². The predicted octanol–water partition coefficient (Wildman–Crippen LogP) is 1.55. The summed E-state index contributed by atoms with van der Waals surface area (Å²) >= 11 is 0. The fourth-order valence-corrected chi connectivity index (χ4v) is 2.67. The zero-order chi connectivity index (χ0) is 17.0. The molecule has 0 aliphatic carbocycles. The molecule has 7 nitrogen and oxygen atoms in total. The lowest BCUT2D eigenvalue weighted by atomic mass is 9.98. The van der Waals surface area contributed by atoms with Crippen LogP contribution in [-0.2, 0) is 33.3 Å². The van der Waals surface area contributed by atoms with Crippen LogP contribution in [0.5, 0.6) is 0 Å². The number of carbonyl (C=O) groups is 2. The fourth-order valence-electron chi connectivity index (χ4n) is 2.67. The molecule has 4 atom stereocenters. The van der Waals surface area contributed by atoms with Crippen molar-refractivity contribution in [3.63, 3.8) is 0 Å². The smallest absolute Gasteiger partial charge is 0.333 e. The lowest BCUT2D eigenvalue weighted by Crippen LogP contribution is -2.50. The molecule has 2 aliphatic rings. The summed E-state index contributed by atoms with van der Waals surface area (Å²) in [7, 11) is 1.46. The molecular formula is C16H24O7. The molecule has 0 radical (unpaired) electrons. The quantitative estimate of drug-likeness (QED) is 0.416. The molecule has 0 spiro atoms. The molecule has 2 rings (SSSR count). The Hall–Kier alpha value is -1.44. The Kier molecular flexibility index (Phi) is 5.78. The third-order valence-corrected chi connectivity index (χ3v) is 4.15. The van der Waals surface area contributed by atoms with Crippen molar-refractivity contribution >= 4 is 11.9 Å². The first-order valence-corrected chi connectivity index (χ1v) is 7.75. The summed E-state index contributed by atoms with van der Waals surface area (Å²) in [5.74, 6) is -2.60. The molecule has 23 heavy (non-hydrogen) atoms. The van der Waals surface area contributed by atoms with Gasteiger partial charge in [0.15, 0.2) is 18.2 Å². The van der Waals surface area contributed by atoms with Crippen molar-refractivity contribution in [1.82, 2.24) is 0 Å². The van der Waals surface area contributed by atoms with Gasteiger partial charge >= 0.3 is 11.9 Å². The van der Waals surface area contributed by atoms with Crippen molar-refractivity contribution in [2.45, 2.75) is 51.3 Å². The Labute approximate surface area is 135 Å². The van der Waals surface area contributed by atoms with E-state index in [0.29, 0.717) is 31.6 Å². The molecule has 0 aromatic rings. The van der Waals surface area contributed by atoms with Crippen LogP contribution in [0.1, 0.15) is 33.1 Å². The summed E-state index contributed by atoms with van der Waals surface area (Å²) in [5, 5.41) is 0. The highest BCUT2D eigenvalue weighted by Gasteiger charge is 2.48. The van der Waals surface area contributed by atoms with Crippen molar-refractivity contribution < 1.29 is 33.3 Å². The van der Waals surface area contributed by atoms with Crippen molar-refractivity contribution in [3.05, 3.63) is 12.2 Å². The minimum absolute atomic E-state index is 0.309. The lowest BCUT2D eigenvalue weighted by molar-refractivity contribution is -0.336. The molecule has 0 bridgehead atoms. The number of carbonyl (C=O) groups excluding carboxylic acids is 2. The highest BCUT2D eigenvalue weighted by molar-refractivity contribution is 5.87. The highest BCUT2D eigenvalue weighted by Crippen LogP contribution is 2.34. The second-order valence-corrected chi connectivity index (χ2v) is 5.95. The zero-order valence-electron chi connectivity index (χ0n) is 13.8. The largest absolute Gasteiger partial charge is 0.465 e. The van der Waals surface area contributed by atoms with E-state index < -0.39 is 30.1 Å². The molecule has 2 aliphatic heterocycles. The van der Waals surface area contributed by atoms with Crippen LogP contribution >= 0.6 is 0 Å². The van der Waals surface area contributed by atoms with Crippen LogP contribution in [0.25, 0.3) is 0 Å². The first kappa shape index (κ1) is 17.9. The minimum atomic E-state index is -1.20. The Bertz CT molecular complexity index is 475. The molecule has 0 aromatic carbocycles. The molecule has 2 heterocycles. The fraction of sp³-hybridized carbons (Fsp3) is 0.750. The third-order valence-electron chi connectivity index (χ3n) is 4.15. The summed E-state index contributed by atoms with van der Waals surface area (Å²) in [6.45, 7) is 7.64. The number of hydrogen-bond donors (Lipinski definition) is 0. The summed E-state index contributed by atoms with van der Waals surface area (Å²) < 4.78 is 27.3. The Morgan fingerprint density at radius 2 is 2.09 bits per heavy atom. The Morgan fingerprint density at radius 1 is 1.35 bits per heavy atom. The maximum atomic E-state index is 11.9. The van der Waals surface area contributed by atoms with Crippen molar-refractivity contribution in [2.75, 3.05) is 20.3 Å². The molecule has 0 saturated carbocycles. The molecular weight excluding hydrogens is 304 g/mol. The van der Waals surface area contributed by atoms with Gasteiger partial charge in [0.05, 0.1) is 13.2 Å². The molecule has 0 aromatic heterocycles. The second kappa shape index (κ2) is 7.42. The van der Waals surface area contributed by atoms with Crippen molar-refractivity contribution in [1.29, 1.82) is 0 Å². The van der Waals surface area contributed by atoms with Crippen LogP contribution in [0.4, 0.5) is 0 Å². The van der Waals surface area contributed by atoms with Gasteiger partial charge in [0.25, 0.3) is 0 Å². The lowest BCUT2D eigenvalue weighted by Gasteiger charge is -2.39. The molecule has 2 saturated heterocycles. The topological polar surface area (TPSA) is 80.3 Å². The van der Waals surface area contributed by atoms with Crippen LogP contribution in [0.2, 0.25) is 0 Å². The predicted molar refractivity (Wildman–Crippen MR) is 79.2 cm³/mol. The molecule has 130 valence electrons. The molecule has 0 N–H and O–H groups in total. The number of rotatable bonds is 6. The minimum Gasteiger partial charge on any atom is -0.465 e. The van der Waals surface area contributed by atoms with E-state index in [1.54, 1.807) is 13.8 Å². The highest BCUT2D eigenvalue weighted by atomic mass is 16.8. The molecule has 2 fully saturated rings. The van der Waals surface area contributed by atoms with E-state index in [2.05, 4.69) is 6.58 Å². The van der Waals surface area contributed by atoms with Gasteiger partial charge in [-0.2, -0.15) is 0 Å². The van der Waals surface area contributed by atoms with Crippen LogP contribution in [-0.4, -0.2) is 50.4 Å². The van der Waals surface area contributed by atoms with Gasteiger partial charge < -0.3 is 23.7 Å². The van der Waals surface area contributed by atoms with E-state index in [0.717, 1.165) is 6.42 Å². The number of cyclic esters (lactones) is 1. The van der Waals surface area contributed by atoms with Gasteiger partial charge in [0.2, 0.25) is 0 Å². The van der Waals surface area contributed by atoms with E-state index >= 15 is 0 Å². The van der Waals surface area contributed by atoms with E-state index in [9.17, 15) is 9.59 Å². The van der Waals surface area contributed by atoms with E-state index in [-0.39, 0.29) is 5.97 Å². The monoisotopic (exact) mass is 328 g/mol. The average molecular weight is 328 g/mol. The molecule has 0 amide bonds. The Morgan fingerprint density at radius 3 is 2.65 bits per heavy atom. The van der Waals surface area contributed by atoms with Crippen LogP contribution in [0.15, 0.2) is 12.2 Å². The maximum Gasteiger partial charge on any atom is 0.333 e. The number of hydrogen-bond acceptors (Lipinski definition) is 7. The van der Waals surface area contributed by atoms with Gasteiger partial charge in [-0.25, -0.2) is 4.79 Å². The molecule has 4 unspecified atom stereocenters. The van der Waals surface area contributed by atoms with E-state index in [1.165, 1.54) is 7.11 Å². The van der Waals surface area contributed by atoms with Gasteiger partial charge in [-0.05, 0) is 26.7 Å². The molecule has 7 heteroatoms. The first-order chi connectivity index (χ1) is 10.9. The summed E-state index contributed by atoms with van der Waals surface area (Å²) in [4.78, 5) is 23.6. The van der Waals surface area contributed by atoms with Crippen LogP contribution in [0, 0.1) is 5.92 Å². The standard InChI is InChI=1S/C16H24O7/c1-10(2)13(17)22-12-6-5-8-21-15(12)23-16(3,19-4)11-7-9-20-14(11)18/h11-12,15H,1,5-9H2,2-4H3. The summed E-state index contributed by atoms with van der Waals surface area (Å²) in [6.07, 6.45) is 0.499. The van der Waals surface area contributed by atoms with Gasteiger partial charge in [-0.1, -0.05) is 6.58 Å². The maximum absolute atomic E-state index is 11.9. The van der Waals surface area contributed by atoms with E-state index in [1.807, 2.05) is 0 Å². The third kappa shape index (κ3) is 4.10. The average Bonchev–Trinajstić information content (AvgIpc) is 2.95. The van der Waals surface area contributed by atoms with Gasteiger partial charge in [0.1, 0.15) is 5.92 Å². The van der Waals surface area contributed by atoms with Gasteiger partial charge in [-0.15, -0.1) is 0 Å². The number of esters is 2. The normalized spacial score (nSPS) is 30.4. The zero-order valence-corrected chi connectivity index (χ0v) is 13.8. The van der Waals surface area contributed by atoms with Gasteiger partial charge in [-0.3, -0.25) is 4.79 Å². The first-order valence-electron chi connectivity index (χ1n) is 7.75. The summed E-state index contributed by atoms with van der Waals surface area (Å²) in [6, 6.07) is 0. The van der Waals surface area contributed by atoms with E-state index in [4.69, 9.17) is 23.7 Å². The van der Waals surface area contributed by atoms with Crippen molar-refractivity contribution in [2.24, 2.45) is 5.92 Å². The number of methoxy groups -OCH3 is 1. The van der Waals surface area contributed by atoms with Crippen LogP contribution < -0.4 is 0 Å². The van der Waals surface area contributed by atoms with Gasteiger partial charge in [0, 0.05) is 19.1 Å². The second-order valence-electron chi connectivity index (χ2n) is 5.95. The SMILES string of the molecule is C=C(C)C(=O)OC1CCCOC1OC(C)(OC)C1CCOC1=O. The summed E-state index contributed by atoms with van der Waals surface area (Å²) in [5.41, 5.74) is 0.309.